The van der Waals surface area contributed by atoms with Crippen LogP contribution in [0.3, 0.4) is 0 Å². The summed E-state index contributed by atoms with van der Waals surface area (Å²) in [5.74, 6) is 0.917. The van der Waals surface area contributed by atoms with Gasteiger partial charge in [0.25, 0.3) is 0 Å². The van der Waals surface area contributed by atoms with Crippen molar-refractivity contribution in [1.82, 2.24) is 0 Å². The van der Waals surface area contributed by atoms with Gasteiger partial charge in [-0.25, -0.2) is 0 Å². The quantitative estimate of drug-likeness (QED) is 0.384. The number of fused-ring (bicyclic) bond motifs is 1. The van der Waals surface area contributed by atoms with Gasteiger partial charge in [0.05, 0.1) is 0 Å². The van der Waals surface area contributed by atoms with Gasteiger partial charge in [0.2, 0.25) is 0 Å². The van der Waals surface area contributed by atoms with Crippen molar-refractivity contribution in [3.05, 3.63) is 47.5 Å². The molecule has 0 saturated carbocycles. The molecule has 0 aliphatic carbocycles. The molecule has 117 valence electrons. The fraction of sp³-hybridized carbons (Fsp3) is 0.389. The number of rotatable bonds is 8. The topological polar surface area (TPSA) is 43.1 Å². The van der Waals surface area contributed by atoms with Gasteiger partial charge < -0.3 is 0 Å². The molecule has 0 fully saturated rings. The molecule has 0 amide bonds. The van der Waals surface area contributed by atoms with Crippen molar-refractivity contribution < 1.29 is 4.79 Å². The second-order valence-corrected chi connectivity index (χ2v) is 14.5. The van der Waals surface area contributed by atoms with Crippen LogP contribution in [0.15, 0.2) is 36.4 Å². The van der Waals surface area contributed by atoms with E-state index in [1.165, 1.54) is 30.8 Å². The molecule has 22 heavy (non-hydrogen) atoms. The van der Waals surface area contributed by atoms with Crippen molar-refractivity contribution in [3.8, 4) is 0 Å². The van der Waals surface area contributed by atoms with Crippen LogP contribution >= 0.6 is 12.6 Å². The Morgan fingerprint density at radius 2 is 1.91 bits per heavy atom. The zero-order valence-electron chi connectivity index (χ0n) is 13.1. The molecule has 0 saturated heterocycles. The van der Waals surface area contributed by atoms with Crippen LogP contribution in [-0.4, -0.2) is 31.8 Å². The average molecular weight is 421 g/mol. The summed E-state index contributed by atoms with van der Waals surface area (Å²) in [6.07, 6.45) is 2.17. The summed E-state index contributed by atoms with van der Waals surface area (Å²) in [7, 11) is 0. The summed E-state index contributed by atoms with van der Waals surface area (Å²) < 4.78 is 3.22. The van der Waals surface area contributed by atoms with Crippen LogP contribution in [0.25, 0.3) is 10.8 Å². The standard InChI is InChI=1S/C14H16N.C2H3O.C2H5S.Sn/c1-3-11-8-12-6-4-5-7-13(12)9-14(11)10(2)15;2*1-2-3;/h4-10H,1,3,15H2,2H3;2H,1H2;3H,1-2H2;. The number of carbonyl (C=O) groups is 1. The van der Waals surface area contributed by atoms with Crippen LogP contribution < -0.4 is 5.73 Å². The van der Waals surface area contributed by atoms with E-state index in [0.717, 1.165) is 22.9 Å². The Kier molecular flexibility index (Phi) is 7.25. The van der Waals surface area contributed by atoms with Gasteiger partial charge in [0.15, 0.2) is 0 Å². The molecule has 1 atom stereocenters. The normalized spacial score (nSPS) is 12.7. The summed E-state index contributed by atoms with van der Waals surface area (Å²) in [4.78, 5) is 10.9. The van der Waals surface area contributed by atoms with Crippen molar-refractivity contribution in [2.24, 2.45) is 5.73 Å². The van der Waals surface area contributed by atoms with Crippen molar-refractivity contribution in [2.75, 3.05) is 5.75 Å². The van der Waals surface area contributed by atoms with Gasteiger partial charge in [0, 0.05) is 0 Å². The van der Waals surface area contributed by atoms with Gasteiger partial charge in [-0.3, -0.25) is 0 Å². The molecule has 0 aliphatic rings. The van der Waals surface area contributed by atoms with E-state index in [2.05, 4.69) is 49.0 Å². The number of aryl methyl sites for hydroxylation is 1. The maximum absolute atomic E-state index is 10.9. The predicted molar refractivity (Wildman–Crippen MR) is 100 cm³/mol. The average Bonchev–Trinajstić information content (AvgIpc) is 2.52. The number of hydrogen-bond acceptors (Lipinski definition) is 3. The van der Waals surface area contributed by atoms with E-state index in [1.807, 2.05) is 6.92 Å². The third-order valence-corrected chi connectivity index (χ3v) is 13.1. The number of benzene rings is 2. The molecule has 2 aromatic carbocycles. The van der Waals surface area contributed by atoms with E-state index in [1.54, 1.807) is 0 Å². The minimum atomic E-state index is -1.59. The third kappa shape index (κ3) is 4.74. The van der Waals surface area contributed by atoms with E-state index < -0.39 is 19.8 Å². The first-order valence-electron chi connectivity index (χ1n) is 7.81. The first kappa shape index (κ1) is 17.8. The first-order valence-corrected chi connectivity index (χ1v) is 14.5. The zero-order valence-corrected chi connectivity index (χ0v) is 16.8. The molecule has 1 unspecified atom stereocenters. The Morgan fingerprint density at radius 1 is 1.23 bits per heavy atom. The van der Waals surface area contributed by atoms with Crippen molar-refractivity contribution in [3.63, 3.8) is 0 Å². The second-order valence-electron chi connectivity index (χ2n) is 5.78. The van der Waals surface area contributed by atoms with E-state index in [-0.39, 0.29) is 6.04 Å². The molecular formula is C18H24NOSSn. The third-order valence-electron chi connectivity index (χ3n) is 4.08. The second kappa shape index (κ2) is 8.94. The van der Waals surface area contributed by atoms with E-state index in [0.29, 0.717) is 0 Å². The molecule has 0 spiro atoms. The molecule has 0 heterocycles. The molecule has 2 nitrogen and oxygen atoms in total. The minimum absolute atomic E-state index is 0.0441. The van der Waals surface area contributed by atoms with Crippen molar-refractivity contribution >= 4 is 49.4 Å². The van der Waals surface area contributed by atoms with Gasteiger partial charge in [-0.2, -0.15) is 0 Å². The van der Waals surface area contributed by atoms with Crippen LogP contribution in [0, 0.1) is 0 Å². The van der Waals surface area contributed by atoms with Crippen LogP contribution in [0.4, 0.5) is 0 Å². The number of thiol groups is 1. The number of aldehydes is 1. The molecule has 2 aromatic rings. The summed E-state index contributed by atoms with van der Waals surface area (Å²) in [6, 6.07) is 13.0. The molecule has 0 aliphatic heterocycles. The maximum atomic E-state index is 10.9. The van der Waals surface area contributed by atoms with E-state index >= 15 is 0 Å². The summed E-state index contributed by atoms with van der Waals surface area (Å²) in [5.41, 5.74) is 8.78. The summed E-state index contributed by atoms with van der Waals surface area (Å²) >= 11 is 2.75. The van der Waals surface area contributed by atoms with Gasteiger partial charge in [-0.15, -0.1) is 0 Å². The Labute approximate surface area is 145 Å². The van der Waals surface area contributed by atoms with Crippen LogP contribution in [0.2, 0.25) is 13.3 Å². The van der Waals surface area contributed by atoms with Gasteiger partial charge in [-0.05, 0) is 0 Å². The monoisotopic (exact) mass is 422 g/mol. The van der Waals surface area contributed by atoms with Crippen LogP contribution in [0.5, 0.6) is 0 Å². The Bertz CT molecular complexity index is 630. The summed E-state index contributed by atoms with van der Waals surface area (Å²) in [5, 5.41) is 2.53. The van der Waals surface area contributed by atoms with E-state index in [9.17, 15) is 4.79 Å². The Balaban J connectivity index is 2.24. The Hall–Kier alpha value is -0.521. The Morgan fingerprint density at radius 3 is 2.50 bits per heavy atom. The van der Waals surface area contributed by atoms with Crippen LogP contribution in [-0.2, 0) is 11.2 Å². The number of nitrogens with two attached hydrogens (primary N) is 1. The zero-order chi connectivity index (χ0) is 15.9. The molecule has 4 heteroatoms. The molecule has 2 rings (SSSR count). The fourth-order valence-corrected chi connectivity index (χ4v) is 10.2. The van der Waals surface area contributed by atoms with Crippen molar-refractivity contribution in [1.29, 1.82) is 0 Å². The SMILES string of the molecule is CC(N)c1cc2ccccc2cc1C[CH2][Sn]([CH2]C=O)[CH2]CS. The molecular weight excluding hydrogens is 397 g/mol. The predicted octanol–water partition coefficient (Wildman–Crippen LogP) is 4.03. The van der Waals surface area contributed by atoms with Gasteiger partial charge in [-0.1, -0.05) is 0 Å². The van der Waals surface area contributed by atoms with Gasteiger partial charge in [0.1, 0.15) is 0 Å². The molecule has 0 bridgehead atoms. The van der Waals surface area contributed by atoms with Gasteiger partial charge >= 0.3 is 146 Å². The van der Waals surface area contributed by atoms with Crippen LogP contribution in [0.1, 0.15) is 24.1 Å². The number of carbonyl (C=O) groups excluding carboxylic acids is 1. The molecule has 2 N–H and O–H groups in total. The molecule has 0 aromatic heterocycles. The number of hydrogen-bond donors (Lipinski definition) is 2. The fourth-order valence-electron chi connectivity index (χ4n) is 2.86. The van der Waals surface area contributed by atoms with Crippen molar-refractivity contribution in [2.45, 2.75) is 32.7 Å². The molecule has 1 radical (unpaired) electrons. The first-order chi connectivity index (χ1) is 10.7. The summed E-state index contributed by atoms with van der Waals surface area (Å²) in [6.45, 7) is 2.05. The van der Waals surface area contributed by atoms with E-state index in [4.69, 9.17) is 5.73 Å².